The molecule has 11 nitrogen and oxygen atoms in total. The molecule has 1 aromatic rings. The second-order valence-corrected chi connectivity index (χ2v) is 7.66. The summed E-state index contributed by atoms with van der Waals surface area (Å²) in [5, 5.41) is 19.1. The molecule has 0 aromatic heterocycles. The number of carbonyl (C=O) groups is 1. The first-order valence-electron chi connectivity index (χ1n) is 8.30. The van der Waals surface area contributed by atoms with Gasteiger partial charge in [0.15, 0.2) is 0 Å². The molecule has 0 spiro atoms. The van der Waals surface area contributed by atoms with Crippen molar-refractivity contribution < 1.29 is 22.9 Å². The number of anilines is 1. The van der Waals surface area contributed by atoms with Gasteiger partial charge < -0.3 is 19.9 Å². The van der Waals surface area contributed by atoms with E-state index in [0.29, 0.717) is 26.2 Å². The van der Waals surface area contributed by atoms with Gasteiger partial charge in [-0.2, -0.15) is 0 Å². The van der Waals surface area contributed by atoms with E-state index < -0.39 is 20.6 Å². The van der Waals surface area contributed by atoms with Crippen molar-refractivity contribution in [3.05, 3.63) is 28.3 Å². The number of carbonyl (C=O) groups excluding carboxylic acids is 1. The lowest BCUT2D eigenvalue weighted by Gasteiger charge is -2.35. The predicted octanol–water partition coefficient (Wildman–Crippen LogP) is 0.427. The highest BCUT2D eigenvalue weighted by Crippen LogP contribution is 2.27. The number of hydrogen-bond acceptors (Lipinski definition) is 7. The summed E-state index contributed by atoms with van der Waals surface area (Å²) in [5.74, 6) is 0. The van der Waals surface area contributed by atoms with Crippen LogP contribution in [0.4, 0.5) is 16.2 Å². The number of benzene rings is 1. The van der Waals surface area contributed by atoms with Gasteiger partial charge in [-0.15, -0.1) is 0 Å². The number of nitrogens with one attached hydrogen (secondary N) is 1. The average molecular weight is 401 g/mol. The molecule has 3 N–H and O–H groups in total. The normalized spacial score (nSPS) is 17.4. The molecule has 1 aliphatic rings. The van der Waals surface area contributed by atoms with Crippen LogP contribution in [0.5, 0.6) is 0 Å². The monoisotopic (exact) mass is 401 g/mol. The fourth-order valence-corrected chi connectivity index (χ4v) is 3.14. The SMILES string of the molecule is CCN(C)C(=O)N1CCOC(CNc2ccc(S(N)(=O)=O)cc2[N+](=O)[O-])C1. The van der Waals surface area contributed by atoms with E-state index in [2.05, 4.69) is 5.32 Å². The Morgan fingerprint density at radius 1 is 1.52 bits per heavy atom. The van der Waals surface area contributed by atoms with Crippen molar-refractivity contribution in [3.8, 4) is 0 Å². The van der Waals surface area contributed by atoms with E-state index in [1.54, 1.807) is 16.8 Å². The lowest BCUT2D eigenvalue weighted by atomic mass is 10.2. The zero-order valence-corrected chi connectivity index (χ0v) is 15.9. The third-order valence-electron chi connectivity index (χ3n) is 4.22. The van der Waals surface area contributed by atoms with Crippen LogP contribution < -0.4 is 10.5 Å². The third kappa shape index (κ3) is 5.28. The predicted molar refractivity (Wildman–Crippen MR) is 98.0 cm³/mol. The van der Waals surface area contributed by atoms with Crippen LogP contribution in [0.1, 0.15) is 6.92 Å². The van der Waals surface area contributed by atoms with Crippen molar-refractivity contribution >= 4 is 27.4 Å². The average Bonchev–Trinajstić information content (AvgIpc) is 2.64. The van der Waals surface area contributed by atoms with Crippen LogP contribution in [0.15, 0.2) is 23.1 Å². The summed E-state index contributed by atoms with van der Waals surface area (Å²) in [6.07, 6.45) is -0.356. The van der Waals surface area contributed by atoms with Gasteiger partial charge in [-0.1, -0.05) is 0 Å². The van der Waals surface area contributed by atoms with Gasteiger partial charge in [0.25, 0.3) is 5.69 Å². The van der Waals surface area contributed by atoms with E-state index in [-0.39, 0.29) is 29.3 Å². The molecule has 1 aromatic carbocycles. The molecule has 2 amide bonds. The summed E-state index contributed by atoms with van der Waals surface area (Å²) in [7, 11) is -2.33. The van der Waals surface area contributed by atoms with Gasteiger partial charge in [-0.05, 0) is 19.1 Å². The molecular weight excluding hydrogens is 378 g/mol. The number of hydrogen-bond donors (Lipinski definition) is 2. The maximum absolute atomic E-state index is 12.2. The summed E-state index contributed by atoms with van der Waals surface area (Å²) in [5.41, 5.74) is -0.263. The molecule has 1 atom stereocenters. The summed E-state index contributed by atoms with van der Waals surface area (Å²) in [4.78, 5) is 25.7. The summed E-state index contributed by atoms with van der Waals surface area (Å²) >= 11 is 0. The van der Waals surface area contributed by atoms with Crippen molar-refractivity contribution in [2.45, 2.75) is 17.9 Å². The zero-order valence-electron chi connectivity index (χ0n) is 15.1. The number of sulfonamides is 1. The number of nitrogens with zero attached hydrogens (tertiary/aromatic N) is 3. The lowest BCUT2D eigenvalue weighted by molar-refractivity contribution is -0.384. The number of nitro benzene ring substituents is 1. The van der Waals surface area contributed by atoms with Crippen LogP contribution >= 0.6 is 0 Å². The van der Waals surface area contributed by atoms with E-state index in [1.807, 2.05) is 6.92 Å². The molecular formula is C15H23N5O6S. The van der Waals surface area contributed by atoms with Gasteiger partial charge in [0, 0.05) is 32.7 Å². The van der Waals surface area contributed by atoms with E-state index in [1.165, 1.54) is 12.1 Å². The minimum atomic E-state index is -4.04. The Balaban J connectivity index is 2.07. The second kappa shape index (κ2) is 8.50. The standard InChI is InChI=1S/C15H23N5O6S/c1-3-18(2)15(21)19-6-7-26-11(10-19)9-17-13-5-4-12(27(16,24)25)8-14(13)20(22)23/h4-5,8,11,17H,3,6-7,9-10H2,1-2H3,(H2,16,24,25). The first-order chi connectivity index (χ1) is 12.6. The molecule has 0 bridgehead atoms. The van der Waals surface area contributed by atoms with Gasteiger partial charge in [0.05, 0.1) is 29.1 Å². The van der Waals surface area contributed by atoms with Crippen LogP contribution in [0.2, 0.25) is 0 Å². The Morgan fingerprint density at radius 3 is 2.81 bits per heavy atom. The largest absolute Gasteiger partial charge is 0.377 e. The van der Waals surface area contributed by atoms with Crippen molar-refractivity contribution in [2.75, 3.05) is 45.2 Å². The maximum atomic E-state index is 12.2. The number of morpholine rings is 1. The first-order valence-corrected chi connectivity index (χ1v) is 9.85. The number of ether oxygens (including phenoxy) is 1. The molecule has 1 saturated heterocycles. The Bertz CT molecular complexity index is 815. The Labute approximate surface area is 157 Å². The minimum absolute atomic E-state index is 0.103. The maximum Gasteiger partial charge on any atom is 0.319 e. The topological polar surface area (TPSA) is 148 Å². The molecule has 150 valence electrons. The minimum Gasteiger partial charge on any atom is -0.377 e. The summed E-state index contributed by atoms with van der Waals surface area (Å²) < 4.78 is 28.4. The molecule has 2 rings (SSSR count). The van der Waals surface area contributed by atoms with E-state index in [0.717, 1.165) is 6.07 Å². The molecule has 0 aliphatic carbocycles. The van der Waals surface area contributed by atoms with Gasteiger partial charge >= 0.3 is 6.03 Å². The number of nitrogens with two attached hydrogens (primary N) is 1. The van der Waals surface area contributed by atoms with E-state index in [9.17, 15) is 23.3 Å². The number of primary sulfonamides is 1. The van der Waals surface area contributed by atoms with Crippen LogP contribution in [0.3, 0.4) is 0 Å². The number of urea groups is 1. The Morgan fingerprint density at radius 2 is 2.22 bits per heavy atom. The van der Waals surface area contributed by atoms with E-state index >= 15 is 0 Å². The highest BCUT2D eigenvalue weighted by Gasteiger charge is 2.26. The molecule has 0 saturated carbocycles. The Kier molecular flexibility index (Phi) is 6.57. The highest BCUT2D eigenvalue weighted by molar-refractivity contribution is 7.89. The van der Waals surface area contributed by atoms with Crippen molar-refractivity contribution in [1.29, 1.82) is 0 Å². The number of rotatable bonds is 6. The van der Waals surface area contributed by atoms with E-state index in [4.69, 9.17) is 9.88 Å². The fourth-order valence-electron chi connectivity index (χ4n) is 2.61. The van der Waals surface area contributed by atoms with Gasteiger partial charge in [-0.25, -0.2) is 18.4 Å². The molecule has 1 unspecified atom stereocenters. The molecule has 1 fully saturated rings. The van der Waals surface area contributed by atoms with Crippen LogP contribution in [0, 0.1) is 10.1 Å². The highest BCUT2D eigenvalue weighted by atomic mass is 32.2. The van der Waals surface area contributed by atoms with Crippen LogP contribution in [-0.2, 0) is 14.8 Å². The fraction of sp³-hybridized carbons (Fsp3) is 0.533. The van der Waals surface area contributed by atoms with Crippen molar-refractivity contribution in [3.63, 3.8) is 0 Å². The third-order valence-corrected chi connectivity index (χ3v) is 5.14. The number of nitro groups is 1. The van der Waals surface area contributed by atoms with Gasteiger partial charge in [0.2, 0.25) is 10.0 Å². The molecule has 27 heavy (non-hydrogen) atoms. The van der Waals surface area contributed by atoms with Gasteiger partial charge in [0.1, 0.15) is 5.69 Å². The second-order valence-electron chi connectivity index (χ2n) is 6.10. The van der Waals surface area contributed by atoms with Crippen molar-refractivity contribution in [2.24, 2.45) is 5.14 Å². The zero-order chi connectivity index (χ0) is 20.2. The smallest absolute Gasteiger partial charge is 0.319 e. The quantitative estimate of drug-likeness (QED) is 0.518. The molecule has 1 heterocycles. The number of amides is 2. The molecule has 1 aliphatic heterocycles. The lowest BCUT2D eigenvalue weighted by Crippen LogP contribution is -2.51. The van der Waals surface area contributed by atoms with Crippen LogP contribution in [-0.4, -0.2) is 75.1 Å². The molecule has 0 radical (unpaired) electrons. The molecule has 12 heteroatoms. The summed E-state index contributed by atoms with van der Waals surface area (Å²) in [6.45, 7) is 3.86. The van der Waals surface area contributed by atoms with Crippen molar-refractivity contribution in [1.82, 2.24) is 9.80 Å². The van der Waals surface area contributed by atoms with Gasteiger partial charge in [-0.3, -0.25) is 10.1 Å². The summed E-state index contributed by atoms with van der Waals surface area (Å²) in [6, 6.07) is 3.28. The Hall–Kier alpha value is -2.44. The first kappa shape index (κ1) is 20.9. The van der Waals surface area contributed by atoms with Crippen LogP contribution in [0.25, 0.3) is 0 Å².